The summed E-state index contributed by atoms with van der Waals surface area (Å²) in [6.07, 6.45) is 1.83. The lowest BCUT2D eigenvalue weighted by molar-refractivity contribution is -0.213. The molecule has 0 amide bonds. The highest BCUT2D eigenvalue weighted by Gasteiger charge is 2.28. The van der Waals surface area contributed by atoms with Crippen LogP contribution in [0, 0.1) is 0 Å². The number of hydrogen-bond donors (Lipinski definition) is 4. The van der Waals surface area contributed by atoms with Gasteiger partial charge in [0.25, 0.3) is 0 Å². The van der Waals surface area contributed by atoms with E-state index in [1.54, 1.807) is 24.3 Å². The van der Waals surface area contributed by atoms with Gasteiger partial charge in [0.2, 0.25) is 11.6 Å². The van der Waals surface area contributed by atoms with Crippen molar-refractivity contribution in [1.82, 2.24) is 0 Å². The summed E-state index contributed by atoms with van der Waals surface area (Å²) >= 11 is 0. The lowest BCUT2D eigenvalue weighted by atomic mass is 9.78. The fourth-order valence-electron chi connectivity index (χ4n) is 3.07. The summed E-state index contributed by atoms with van der Waals surface area (Å²) < 4.78 is 20.1. The fraction of sp³-hybridized carbons (Fsp3) is 0.333. The van der Waals surface area contributed by atoms with Crippen LogP contribution in [-0.2, 0) is 24.5 Å². The van der Waals surface area contributed by atoms with E-state index in [0.717, 1.165) is 23.3 Å². The van der Waals surface area contributed by atoms with Crippen LogP contribution in [0.3, 0.4) is 0 Å². The van der Waals surface area contributed by atoms with Crippen molar-refractivity contribution in [2.45, 2.75) is 30.8 Å². The molecule has 37 heavy (non-hydrogen) atoms. The van der Waals surface area contributed by atoms with Crippen molar-refractivity contribution in [3.05, 3.63) is 85.0 Å². The van der Waals surface area contributed by atoms with E-state index in [4.69, 9.17) is 9.47 Å². The van der Waals surface area contributed by atoms with E-state index in [1.165, 1.54) is 0 Å². The Hall–Kier alpha value is -3.70. The molecule has 0 aliphatic carbocycles. The highest BCUT2D eigenvalue weighted by Crippen LogP contribution is 2.33. The molecule has 2 aromatic carbocycles. The average molecular weight is 517 g/mol. The second-order valence-corrected chi connectivity index (χ2v) is 8.84. The van der Waals surface area contributed by atoms with Crippen LogP contribution in [0.1, 0.15) is 25.0 Å². The molecule has 2 rings (SSSR count). The summed E-state index contributed by atoms with van der Waals surface area (Å²) in [4.78, 5) is 22.2. The third-order valence-electron chi connectivity index (χ3n) is 5.32. The molecule has 10 heteroatoms. The molecule has 0 bridgehead atoms. The van der Waals surface area contributed by atoms with Crippen LogP contribution < -0.4 is 9.47 Å². The van der Waals surface area contributed by atoms with Gasteiger partial charge in [0.05, 0.1) is 0 Å². The molecular formula is C27H32O10. The van der Waals surface area contributed by atoms with Crippen LogP contribution in [0.2, 0.25) is 0 Å². The molecule has 0 atom stereocenters. The maximum atomic E-state index is 11.1. The monoisotopic (exact) mass is 516 g/mol. The Kier molecular flexibility index (Phi) is 9.98. The highest BCUT2D eigenvalue weighted by atomic mass is 16.6. The standard InChI is InChI=1S/C27H32O10/c1-5-23(28)36-17-26(30,31)15-34-21-11-7-19(8-12-21)25(3,4)20-9-13-22(14-10-20)35-16-27(32,33)18-37-24(29)6-2/h5-14,30-33H,1-2,15-18H2,3-4H3. The number of esters is 2. The van der Waals surface area contributed by atoms with E-state index in [9.17, 15) is 30.0 Å². The Morgan fingerprint density at radius 2 is 1.00 bits per heavy atom. The van der Waals surface area contributed by atoms with Gasteiger partial charge in [-0.2, -0.15) is 0 Å². The quantitative estimate of drug-likeness (QED) is 0.165. The van der Waals surface area contributed by atoms with Crippen molar-refractivity contribution >= 4 is 11.9 Å². The first-order valence-electron chi connectivity index (χ1n) is 11.2. The first kappa shape index (κ1) is 29.5. The molecule has 10 nitrogen and oxygen atoms in total. The highest BCUT2D eigenvalue weighted by molar-refractivity contribution is 5.81. The molecule has 0 heterocycles. The topological polar surface area (TPSA) is 152 Å². The molecule has 2 aromatic rings. The second-order valence-electron chi connectivity index (χ2n) is 8.84. The molecule has 0 aliphatic rings. The molecule has 0 saturated heterocycles. The zero-order valence-electron chi connectivity index (χ0n) is 20.8. The summed E-state index contributed by atoms with van der Waals surface area (Å²) in [5.41, 5.74) is 1.47. The molecule has 0 spiro atoms. The summed E-state index contributed by atoms with van der Waals surface area (Å²) in [6.45, 7) is 8.13. The minimum atomic E-state index is -2.36. The molecule has 0 saturated carbocycles. The van der Waals surface area contributed by atoms with Crippen LogP contribution in [0.25, 0.3) is 0 Å². The van der Waals surface area contributed by atoms with E-state index in [0.29, 0.717) is 11.5 Å². The molecule has 4 N–H and O–H groups in total. The molecule has 0 unspecified atom stereocenters. The first-order chi connectivity index (χ1) is 17.3. The van der Waals surface area contributed by atoms with Crippen LogP contribution >= 0.6 is 0 Å². The number of carbonyl (C=O) groups is 2. The van der Waals surface area contributed by atoms with Gasteiger partial charge in [-0.1, -0.05) is 51.3 Å². The van der Waals surface area contributed by atoms with E-state index in [-0.39, 0.29) is 0 Å². The number of aliphatic hydroxyl groups is 4. The molecule has 0 fully saturated rings. The van der Waals surface area contributed by atoms with E-state index < -0.39 is 55.4 Å². The van der Waals surface area contributed by atoms with Gasteiger partial charge in [-0.25, -0.2) is 9.59 Å². The lowest BCUT2D eigenvalue weighted by Gasteiger charge is -2.27. The third kappa shape index (κ3) is 9.36. The van der Waals surface area contributed by atoms with Crippen molar-refractivity contribution in [3.8, 4) is 11.5 Å². The van der Waals surface area contributed by atoms with Gasteiger partial charge in [0, 0.05) is 17.6 Å². The number of hydrogen-bond acceptors (Lipinski definition) is 10. The summed E-state index contributed by atoms with van der Waals surface area (Å²) in [5, 5.41) is 39.5. The number of carbonyl (C=O) groups excluding carboxylic acids is 2. The van der Waals surface area contributed by atoms with E-state index in [1.807, 2.05) is 38.1 Å². The Morgan fingerprint density at radius 3 is 1.30 bits per heavy atom. The van der Waals surface area contributed by atoms with Gasteiger partial charge in [-0.3, -0.25) is 0 Å². The third-order valence-corrected chi connectivity index (χ3v) is 5.32. The molecule has 0 aromatic heterocycles. The van der Waals surface area contributed by atoms with Gasteiger partial charge in [0.15, 0.2) is 0 Å². The van der Waals surface area contributed by atoms with Gasteiger partial charge < -0.3 is 39.4 Å². The van der Waals surface area contributed by atoms with Crippen LogP contribution in [-0.4, -0.2) is 70.4 Å². The largest absolute Gasteiger partial charge is 0.488 e. The smallest absolute Gasteiger partial charge is 0.330 e. The zero-order valence-corrected chi connectivity index (χ0v) is 20.8. The molecule has 0 radical (unpaired) electrons. The van der Waals surface area contributed by atoms with Crippen LogP contribution in [0.15, 0.2) is 73.8 Å². The predicted octanol–water partition coefficient (Wildman–Crippen LogP) is 1.59. The molecular weight excluding hydrogens is 484 g/mol. The predicted molar refractivity (Wildman–Crippen MR) is 133 cm³/mol. The number of benzene rings is 2. The van der Waals surface area contributed by atoms with E-state index in [2.05, 4.69) is 22.6 Å². The van der Waals surface area contributed by atoms with Crippen LogP contribution in [0.5, 0.6) is 11.5 Å². The van der Waals surface area contributed by atoms with Crippen molar-refractivity contribution in [2.24, 2.45) is 0 Å². The zero-order chi connectivity index (χ0) is 27.7. The Balaban J connectivity index is 1.96. The van der Waals surface area contributed by atoms with Gasteiger partial charge in [-0.15, -0.1) is 0 Å². The van der Waals surface area contributed by atoms with Crippen molar-refractivity contribution < 1.29 is 49.0 Å². The number of ether oxygens (including phenoxy) is 4. The number of rotatable bonds is 14. The van der Waals surface area contributed by atoms with E-state index >= 15 is 0 Å². The summed E-state index contributed by atoms with van der Waals surface area (Å²) in [7, 11) is 0. The molecule has 200 valence electrons. The minimum absolute atomic E-state index is 0.390. The van der Waals surface area contributed by atoms with Crippen molar-refractivity contribution in [2.75, 3.05) is 26.4 Å². The van der Waals surface area contributed by atoms with Gasteiger partial charge >= 0.3 is 11.9 Å². The minimum Gasteiger partial charge on any atom is -0.488 e. The maximum absolute atomic E-state index is 11.1. The Bertz CT molecular complexity index is 984. The first-order valence-corrected chi connectivity index (χ1v) is 11.2. The van der Waals surface area contributed by atoms with Crippen molar-refractivity contribution in [3.63, 3.8) is 0 Å². The molecule has 0 aliphatic heterocycles. The van der Waals surface area contributed by atoms with Gasteiger partial charge in [-0.05, 0) is 35.4 Å². The summed E-state index contributed by atoms with van der Waals surface area (Å²) in [5.74, 6) is -5.49. The fourth-order valence-corrected chi connectivity index (χ4v) is 3.07. The SMILES string of the molecule is C=CC(=O)OCC(O)(O)COc1ccc(C(C)(C)c2ccc(OCC(O)(O)COC(=O)C=C)cc2)cc1. The Labute approximate surface area is 215 Å². The van der Waals surface area contributed by atoms with Gasteiger partial charge in [0.1, 0.15) is 37.9 Å². The lowest BCUT2D eigenvalue weighted by Crippen LogP contribution is -2.41. The van der Waals surface area contributed by atoms with Crippen LogP contribution in [0.4, 0.5) is 0 Å². The normalized spacial score (nSPS) is 11.8. The summed E-state index contributed by atoms with van der Waals surface area (Å²) in [6, 6.07) is 14.1. The van der Waals surface area contributed by atoms with Crippen molar-refractivity contribution in [1.29, 1.82) is 0 Å². The maximum Gasteiger partial charge on any atom is 0.330 e. The second kappa shape index (κ2) is 12.5. The Morgan fingerprint density at radius 1 is 0.676 bits per heavy atom. The average Bonchev–Trinajstić information content (AvgIpc) is 2.88.